The van der Waals surface area contributed by atoms with E-state index in [1.54, 1.807) is 30.3 Å². The second kappa shape index (κ2) is 11.1. The van der Waals surface area contributed by atoms with Crippen molar-refractivity contribution in [2.45, 2.75) is 20.3 Å². The second-order valence-corrected chi connectivity index (χ2v) is 7.00. The Morgan fingerprint density at radius 3 is 2.29 bits per heavy atom. The topological polar surface area (TPSA) is 59.6 Å². The Labute approximate surface area is 171 Å². The standard InChI is InChI=1S/C22H26N2O3S/c1-4-14-26-20-11-7-18(8-12-20)23-22(28)24-21(25)17-5-9-19(10-6-17)27-15-13-16(2)3/h4-12,16H,1,13-15H2,2-3H3,(H2,23,24,25,28). The SMILES string of the molecule is C=CCOc1ccc(NC(=S)NC(=O)c2ccc(OCCC(C)C)cc2)cc1. The minimum absolute atomic E-state index is 0.224. The van der Waals surface area contributed by atoms with E-state index in [0.29, 0.717) is 24.7 Å². The summed E-state index contributed by atoms with van der Waals surface area (Å²) in [7, 11) is 0. The third kappa shape index (κ3) is 7.40. The molecule has 0 unspecified atom stereocenters. The van der Waals surface area contributed by atoms with E-state index in [-0.39, 0.29) is 11.0 Å². The molecule has 2 N–H and O–H groups in total. The summed E-state index contributed by atoms with van der Waals surface area (Å²) in [6, 6.07) is 14.3. The van der Waals surface area contributed by atoms with Gasteiger partial charge in [0.15, 0.2) is 5.11 Å². The van der Waals surface area contributed by atoms with Gasteiger partial charge in [-0.2, -0.15) is 0 Å². The molecule has 2 aromatic rings. The number of hydrogen-bond acceptors (Lipinski definition) is 4. The van der Waals surface area contributed by atoms with Crippen molar-refractivity contribution in [3.05, 3.63) is 66.7 Å². The van der Waals surface area contributed by atoms with Crippen molar-refractivity contribution in [3.63, 3.8) is 0 Å². The first-order valence-electron chi connectivity index (χ1n) is 9.17. The summed E-state index contributed by atoms with van der Waals surface area (Å²) in [6.45, 7) is 9.02. The number of anilines is 1. The molecule has 0 saturated heterocycles. The Balaban J connectivity index is 1.82. The molecule has 0 heterocycles. The molecule has 28 heavy (non-hydrogen) atoms. The summed E-state index contributed by atoms with van der Waals surface area (Å²) in [4.78, 5) is 12.3. The van der Waals surface area contributed by atoms with Gasteiger partial charge >= 0.3 is 0 Å². The highest BCUT2D eigenvalue weighted by Crippen LogP contribution is 2.16. The Kier molecular flexibility index (Phi) is 8.49. The largest absolute Gasteiger partial charge is 0.494 e. The Bertz CT molecular complexity index is 786. The van der Waals surface area contributed by atoms with Crippen LogP contribution in [0.5, 0.6) is 11.5 Å². The van der Waals surface area contributed by atoms with E-state index in [0.717, 1.165) is 23.6 Å². The fraction of sp³-hybridized carbons (Fsp3) is 0.273. The molecule has 0 aromatic heterocycles. The minimum atomic E-state index is -0.280. The van der Waals surface area contributed by atoms with Crippen molar-refractivity contribution >= 4 is 28.9 Å². The van der Waals surface area contributed by atoms with Crippen LogP contribution in [-0.4, -0.2) is 24.2 Å². The van der Waals surface area contributed by atoms with Crippen molar-refractivity contribution in [1.29, 1.82) is 0 Å². The third-order valence-electron chi connectivity index (χ3n) is 3.79. The summed E-state index contributed by atoms with van der Waals surface area (Å²) in [5.41, 5.74) is 1.26. The maximum atomic E-state index is 12.3. The first-order valence-corrected chi connectivity index (χ1v) is 9.57. The van der Waals surface area contributed by atoms with Gasteiger partial charge in [-0.05, 0) is 73.1 Å². The van der Waals surface area contributed by atoms with E-state index < -0.39 is 0 Å². The third-order valence-corrected chi connectivity index (χ3v) is 3.99. The highest BCUT2D eigenvalue weighted by atomic mass is 32.1. The lowest BCUT2D eigenvalue weighted by Crippen LogP contribution is -2.34. The normalized spacial score (nSPS) is 10.2. The molecule has 0 aliphatic heterocycles. The van der Waals surface area contributed by atoms with Gasteiger partial charge in [-0.1, -0.05) is 26.5 Å². The minimum Gasteiger partial charge on any atom is -0.494 e. The van der Waals surface area contributed by atoms with Gasteiger partial charge < -0.3 is 14.8 Å². The average molecular weight is 399 g/mol. The molecular weight excluding hydrogens is 372 g/mol. The summed E-state index contributed by atoms with van der Waals surface area (Å²) < 4.78 is 11.1. The van der Waals surface area contributed by atoms with Gasteiger partial charge in [0.25, 0.3) is 5.91 Å². The summed E-state index contributed by atoms with van der Waals surface area (Å²) >= 11 is 5.21. The van der Waals surface area contributed by atoms with Crippen LogP contribution in [0.1, 0.15) is 30.6 Å². The van der Waals surface area contributed by atoms with Gasteiger partial charge in [-0.25, -0.2) is 0 Å². The smallest absolute Gasteiger partial charge is 0.257 e. The summed E-state index contributed by atoms with van der Waals surface area (Å²) in [6.07, 6.45) is 2.67. The molecule has 0 bridgehead atoms. The van der Waals surface area contributed by atoms with Crippen molar-refractivity contribution in [3.8, 4) is 11.5 Å². The Hall–Kier alpha value is -2.86. The Morgan fingerprint density at radius 2 is 1.68 bits per heavy atom. The second-order valence-electron chi connectivity index (χ2n) is 6.59. The van der Waals surface area contributed by atoms with Crippen LogP contribution in [0.4, 0.5) is 5.69 Å². The summed E-state index contributed by atoms with van der Waals surface area (Å²) in [5.74, 6) is 1.79. The maximum Gasteiger partial charge on any atom is 0.257 e. The number of ether oxygens (including phenoxy) is 2. The van der Waals surface area contributed by atoms with E-state index >= 15 is 0 Å². The molecule has 2 rings (SSSR count). The van der Waals surface area contributed by atoms with Gasteiger partial charge in [0.2, 0.25) is 0 Å². The number of carbonyl (C=O) groups is 1. The quantitative estimate of drug-likeness (QED) is 0.469. The predicted octanol–water partition coefficient (Wildman–Crippen LogP) is 4.80. The number of hydrogen-bond donors (Lipinski definition) is 2. The van der Waals surface area contributed by atoms with Gasteiger partial charge in [0, 0.05) is 11.3 Å². The predicted molar refractivity (Wildman–Crippen MR) is 117 cm³/mol. The van der Waals surface area contributed by atoms with Crippen molar-refractivity contribution < 1.29 is 14.3 Å². The molecule has 0 fully saturated rings. The number of thiocarbonyl (C=S) groups is 1. The van der Waals surface area contributed by atoms with Crippen LogP contribution in [0.3, 0.4) is 0 Å². The van der Waals surface area contributed by atoms with Crippen LogP contribution in [0.15, 0.2) is 61.2 Å². The monoisotopic (exact) mass is 398 g/mol. The summed E-state index contributed by atoms with van der Waals surface area (Å²) in [5, 5.41) is 5.87. The molecule has 0 aliphatic carbocycles. The van der Waals surface area contributed by atoms with Gasteiger partial charge in [0.1, 0.15) is 18.1 Å². The lowest BCUT2D eigenvalue weighted by atomic mass is 10.1. The molecule has 6 heteroatoms. The van der Waals surface area contributed by atoms with E-state index in [1.807, 2.05) is 24.3 Å². The fourth-order valence-corrected chi connectivity index (χ4v) is 2.45. The molecule has 2 aromatic carbocycles. The van der Waals surface area contributed by atoms with Crippen LogP contribution >= 0.6 is 12.2 Å². The number of nitrogens with one attached hydrogen (secondary N) is 2. The average Bonchev–Trinajstić information content (AvgIpc) is 2.67. The number of benzene rings is 2. The fourth-order valence-electron chi connectivity index (χ4n) is 2.24. The first-order chi connectivity index (χ1) is 13.5. The number of carbonyl (C=O) groups excluding carboxylic acids is 1. The van der Waals surface area contributed by atoms with Crippen molar-refractivity contribution in [1.82, 2.24) is 5.32 Å². The van der Waals surface area contributed by atoms with Crippen LogP contribution in [0.2, 0.25) is 0 Å². The molecule has 1 amide bonds. The molecule has 0 saturated carbocycles. The van der Waals surface area contributed by atoms with Crippen molar-refractivity contribution in [2.24, 2.45) is 5.92 Å². The zero-order chi connectivity index (χ0) is 20.4. The number of rotatable bonds is 9. The van der Waals surface area contributed by atoms with Gasteiger partial charge in [-0.3, -0.25) is 10.1 Å². The van der Waals surface area contributed by atoms with E-state index in [1.165, 1.54) is 0 Å². The van der Waals surface area contributed by atoms with E-state index in [2.05, 4.69) is 31.1 Å². The molecule has 148 valence electrons. The Morgan fingerprint density at radius 1 is 1.07 bits per heavy atom. The molecular formula is C22H26N2O3S. The van der Waals surface area contributed by atoms with E-state index in [9.17, 15) is 4.79 Å². The molecule has 0 spiro atoms. The van der Waals surface area contributed by atoms with Crippen LogP contribution in [0, 0.1) is 5.92 Å². The van der Waals surface area contributed by atoms with Crippen LogP contribution < -0.4 is 20.1 Å². The first kappa shape index (κ1) is 21.4. The van der Waals surface area contributed by atoms with Crippen molar-refractivity contribution in [2.75, 3.05) is 18.5 Å². The zero-order valence-corrected chi connectivity index (χ0v) is 17.1. The van der Waals surface area contributed by atoms with E-state index in [4.69, 9.17) is 21.7 Å². The molecule has 0 aliphatic rings. The lowest BCUT2D eigenvalue weighted by molar-refractivity contribution is 0.0977. The highest BCUT2D eigenvalue weighted by Gasteiger charge is 2.08. The molecule has 5 nitrogen and oxygen atoms in total. The van der Waals surface area contributed by atoms with Gasteiger partial charge in [0.05, 0.1) is 6.61 Å². The number of amides is 1. The highest BCUT2D eigenvalue weighted by molar-refractivity contribution is 7.80. The zero-order valence-electron chi connectivity index (χ0n) is 16.2. The maximum absolute atomic E-state index is 12.3. The van der Waals surface area contributed by atoms with Gasteiger partial charge in [-0.15, -0.1) is 0 Å². The van der Waals surface area contributed by atoms with Crippen LogP contribution in [-0.2, 0) is 0 Å². The van der Waals surface area contributed by atoms with Crippen LogP contribution in [0.25, 0.3) is 0 Å². The molecule has 0 atom stereocenters. The lowest BCUT2D eigenvalue weighted by Gasteiger charge is -2.11. The molecule has 0 radical (unpaired) electrons.